The van der Waals surface area contributed by atoms with Gasteiger partial charge in [-0.3, -0.25) is 4.79 Å². The molecule has 1 aliphatic carbocycles. The predicted molar refractivity (Wildman–Crippen MR) is 100 cm³/mol. The SMILES string of the molecule is COc1ccc(F)c([C@H]2[C@@H]3CN(C(C)=O)CC=C3C(C#N)=C(N)C2(C#N)C#N)c1. The minimum atomic E-state index is -1.97. The summed E-state index contributed by atoms with van der Waals surface area (Å²) in [6, 6.07) is 9.93. The summed E-state index contributed by atoms with van der Waals surface area (Å²) in [4.78, 5) is 13.5. The number of nitriles is 3. The summed E-state index contributed by atoms with van der Waals surface area (Å²) in [6.45, 7) is 1.80. The van der Waals surface area contributed by atoms with Crippen molar-refractivity contribution >= 4 is 5.91 Å². The minimum Gasteiger partial charge on any atom is -0.497 e. The molecule has 1 amide bonds. The third-order valence-corrected chi connectivity index (χ3v) is 5.65. The first-order valence-electron chi connectivity index (χ1n) is 8.86. The molecule has 0 bridgehead atoms. The van der Waals surface area contributed by atoms with Gasteiger partial charge in [0.05, 0.1) is 30.5 Å². The van der Waals surface area contributed by atoms with Gasteiger partial charge in [0.1, 0.15) is 17.6 Å². The predicted octanol–water partition coefficient (Wildman–Crippen LogP) is 2.11. The van der Waals surface area contributed by atoms with E-state index in [0.29, 0.717) is 11.3 Å². The van der Waals surface area contributed by atoms with Crippen molar-refractivity contribution in [2.75, 3.05) is 20.2 Å². The van der Waals surface area contributed by atoms with Crippen LogP contribution in [0.3, 0.4) is 0 Å². The van der Waals surface area contributed by atoms with Crippen LogP contribution in [-0.2, 0) is 4.79 Å². The summed E-state index contributed by atoms with van der Waals surface area (Å²) in [5, 5.41) is 29.7. The maximum atomic E-state index is 14.9. The highest BCUT2D eigenvalue weighted by Crippen LogP contribution is 2.54. The van der Waals surface area contributed by atoms with E-state index in [1.54, 1.807) is 6.08 Å². The van der Waals surface area contributed by atoms with Crippen LogP contribution in [0.2, 0.25) is 0 Å². The van der Waals surface area contributed by atoms with Crippen molar-refractivity contribution in [3.05, 3.63) is 52.5 Å². The van der Waals surface area contributed by atoms with Crippen molar-refractivity contribution < 1.29 is 13.9 Å². The molecule has 0 saturated carbocycles. The second-order valence-corrected chi connectivity index (χ2v) is 6.99. The molecule has 0 radical (unpaired) electrons. The van der Waals surface area contributed by atoms with Crippen molar-refractivity contribution in [2.45, 2.75) is 12.8 Å². The smallest absolute Gasteiger partial charge is 0.219 e. The Bertz CT molecular complexity index is 1060. The first-order chi connectivity index (χ1) is 13.8. The summed E-state index contributed by atoms with van der Waals surface area (Å²) in [7, 11) is 1.42. The summed E-state index contributed by atoms with van der Waals surface area (Å²) in [6.07, 6.45) is 1.69. The van der Waals surface area contributed by atoms with Gasteiger partial charge in [-0.15, -0.1) is 0 Å². The lowest BCUT2D eigenvalue weighted by Crippen LogP contribution is -2.49. The number of fused-ring (bicyclic) bond motifs is 1. The van der Waals surface area contributed by atoms with E-state index < -0.39 is 23.1 Å². The topological polar surface area (TPSA) is 127 Å². The Labute approximate surface area is 167 Å². The van der Waals surface area contributed by atoms with Gasteiger partial charge in [0.15, 0.2) is 5.41 Å². The number of hydrogen-bond acceptors (Lipinski definition) is 6. The minimum absolute atomic E-state index is 0.0425. The zero-order valence-electron chi connectivity index (χ0n) is 15.9. The molecular formula is C21H18FN5O2. The van der Waals surface area contributed by atoms with Gasteiger partial charge in [0, 0.05) is 31.8 Å². The molecule has 146 valence electrons. The number of halogens is 1. The molecule has 1 aromatic carbocycles. The highest BCUT2D eigenvalue weighted by molar-refractivity contribution is 5.74. The number of nitrogens with two attached hydrogens (primary N) is 1. The molecule has 29 heavy (non-hydrogen) atoms. The standard InChI is InChI=1S/C21H18FN5O2/c1-12(28)27-6-5-14-16(8-23)20(26)21(10-24,11-25)19(17(14)9-27)15-7-13(29-2)3-4-18(15)22/h3-5,7,17,19H,6,9,26H2,1-2H3/t17-,19+/m1/s1. The number of nitrogens with zero attached hydrogens (tertiary/aromatic N) is 4. The highest BCUT2D eigenvalue weighted by Gasteiger charge is 2.55. The van der Waals surface area contributed by atoms with Crippen LogP contribution in [0.1, 0.15) is 18.4 Å². The Morgan fingerprint density at radius 2 is 2.03 bits per heavy atom. The zero-order chi connectivity index (χ0) is 21.3. The summed E-state index contributed by atoms with van der Waals surface area (Å²) in [5.74, 6) is -2.16. The lowest BCUT2D eigenvalue weighted by Gasteiger charge is -2.45. The van der Waals surface area contributed by atoms with Crippen molar-refractivity contribution in [2.24, 2.45) is 17.1 Å². The van der Waals surface area contributed by atoms with Gasteiger partial charge in [-0.25, -0.2) is 4.39 Å². The average molecular weight is 391 g/mol. The number of benzene rings is 1. The fraction of sp³-hybridized carbons (Fsp3) is 0.333. The Morgan fingerprint density at radius 1 is 1.34 bits per heavy atom. The maximum Gasteiger partial charge on any atom is 0.219 e. The number of hydrogen-bond donors (Lipinski definition) is 1. The number of carbonyl (C=O) groups excluding carboxylic acids is 1. The van der Waals surface area contributed by atoms with Crippen LogP contribution in [0, 0.1) is 51.1 Å². The van der Waals surface area contributed by atoms with E-state index in [9.17, 15) is 25.0 Å². The van der Waals surface area contributed by atoms with Gasteiger partial charge in [0.2, 0.25) is 5.91 Å². The summed E-state index contributed by atoms with van der Waals surface area (Å²) >= 11 is 0. The molecule has 2 aliphatic rings. The van der Waals surface area contributed by atoms with Gasteiger partial charge in [-0.2, -0.15) is 15.8 Å². The Balaban J connectivity index is 2.36. The van der Waals surface area contributed by atoms with Crippen LogP contribution < -0.4 is 10.5 Å². The van der Waals surface area contributed by atoms with Gasteiger partial charge < -0.3 is 15.4 Å². The number of rotatable bonds is 2. The van der Waals surface area contributed by atoms with E-state index in [0.717, 1.165) is 0 Å². The van der Waals surface area contributed by atoms with Crippen molar-refractivity contribution in [1.82, 2.24) is 4.90 Å². The molecule has 7 nitrogen and oxygen atoms in total. The fourth-order valence-electron chi connectivity index (χ4n) is 4.17. The van der Waals surface area contributed by atoms with E-state index in [-0.39, 0.29) is 35.8 Å². The zero-order valence-corrected chi connectivity index (χ0v) is 15.9. The maximum absolute atomic E-state index is 14.9. The number of carbonyl (C=O) groups is 1. The first kappa shape index (κ1) is 19.9. The second kappa shape index (κ2) is 7.30. The molecule has 0 aromatic heterocycles. The summed E-state index contributed by atoms with van der Waals surface area (Å²) < 4.78 is 20.1. The molecular weight excluding hydrogens is 373 g/mol. The Hall–Kier alpha value is -3.83. The first-order valence-corrected chi connectivity index (χ1v) is 8.86. The van der Waals surface area contributed by atoms with E-state index in [1.807, 2.05) is 18.2 Å². The lowest BCUT2D eigenvalue weighted by molar-refractivity contribution is -0.129. The molecule has 1 heterocycles. The van der Waals surface area contributed by atoms with Crippen LogP contribution in [0.5, 0.6) is 5.75 Å². The lowest BCUT2D eigenvalue weighted by atomic mass is 9.58. The third-order valence-electron chi connectivity index (χ3n) is 5.65. The van der Waals surface area contributed by atoms with Crippen LogP contribution >= 0.6 is 0 Å². The quantitative estimate of drug-likeness (QED) is 0.822. The van der Waals surface area contributed by atoms with E-state index in [4.69, 9.17) is 10.5 Å². The van der Waals surface area contributed by atoms with Gasteiger partial charge in [-0.05, 0) is 29.3 Å². The second-order valence-electron chi connectivity index (χ2n) is 6.99. The van der Waals surface area contributed by atoms with Crippen molar-refractivity contribution in [3.8, 4) is 24.0 Å². The van der Waals surface area contributed by atoms with Gasteiger partial charge in [0.25, 0.3) is 0 Å². The van der Waals surface area contributed by atoms with Crippen molar-refractivity contribution in [1.29, 1.82) is 15.8 Å². The van der Waals surface area contributed by atoms with E-state index in [1.165, 1.54) is 37.1 Å². The summed E-state index contributed by atoms with van der Waals surface area (Å²) in [5.41, 5.74) is 4.65. The number of allylic oxidation sites excluding steroid dienone is 2. The molecule has 3 rings (SSSR count). The average Bonchev–Trinajstić information content (AvgIpc) is 2.73. The normalized spacial score (nSPS) is 22.5. The molecule has 1 aliphatic heterocycles. The Morgan fingerprint density at radius 3 is 2.59 bits per heavy atom. The van der Waals surface area contributed by atoms with Crippen LogP contribution in [-0.4, -0.2) is 31.0 Å². The number of methoxy groups -OCH3 is 1. The van der Waals surface area contributed by atoms with Crippen LogP contribution in [0.25, 0.3) is 0 Å². The molecule has 1 aromatic rings. The molecule has 8 heteroatoms. The number of amides is 1. The molecule has 0 saturated heterocycles. The highest BCUT2D eigenvalue weighted by atomic mass is 19.1. The largest absolute Gasteiger partial charge is 0.497 e. The van der Waals surface area contributed by atoms with Gasteiger partial charge in [-0.1, -0.05) is 6.08 Å². The Kier molecular flexibility index (Phi) is 5.01. The molecule has 0 fully saturated rings. The molecule has 2 N–H and O–H groups in total. The fourth-order valence-corrected chi connectivity index (χ4v) is 4.17. The third kappa shape index (κ3) is 2.88. The van der Waals surface area contributed by atoms with E-state index in [2.05, 4.69) is 0 Å². The van der Waals surface area contributed by atoms with E-state index >= 15 is 0 Å². The monoisotopic (exact) mass is 391 g/mol. The van der Waals surface area contributed by atoms with Crippen LogP contribution in [0.15, 0.2) is 41.1 Å². The van der Waals surface area contributed by atoms with Crippen LogP contribution in [0.4, 0.5) is 4.39 Å². The molecule has 0 spiro atoms. The molecule has 0 unspecified atom stereocenters. The molecule has 2 atom stereocenters. The van der Waals surface area contributed by atoms with Crippen molar-refractivity contribution in [3.63, 3.8) is 0 Å². The number of ether oxygens (including phenoxy) is 1. The van der Waals surface area contributed by atoms with Gasteiger partial charge >= 0.3 is 0 Å².